The molecule has 1 aromatic carbocycles. The van der Waals surface area contributed by atoms with Crippen molar-refractivity contribution in [1.82, 2.24) is 0 Å². The third-order valence-corrected chi connectivity index (χ3v) is 2.66. The highest BCUT2D eigenvalue weighted by atomic mass is 16.1. The molecular formula is C14H18O2. The monoisotopic (exact) mass is 218 g/mol. The van der Waals surface area contributed by atoms with Crippen LogP contribution in [0.25, 0.3) is 0 Å². The minimum Gasteiger partial charge on any atom is -0.303 e. The van der Waals surface area contributed by atoms with E-state index in [2.05, 4.69) is 6.92 Å². The number of ketones is 1. The highest BCUT2D eigenvalue weighted by Gasteiger charge is 2.13. The molecule has 0 aliphatic heterocycles. The van der Waals surface area contributed by atoms with Crippen LogP contribution in [0.1, 0.15) is 43.0 Å². The number of carbonyl (C=O) groups is 2. The van der Waals surface area contributed by atoms with Crippen molar-refractivity contribution in [2.75, 3.05) is 0 Å². The molecule has 0 radical (unpaired) electrons. The van der Waals surface area contributed by atoms with Crippen molar-refractivity contribution in [3.8, 4) is 0 Å². The number of unbranched alkanes of at least 4 members (excludes halogenated alkanes) is 1. The van der Waals surface area contributed by atoms with E-state index in [1.807, 2.05) is 18.2 Å². The topological polar surface area (TPSA) is 34.1 Å². The molecule has 0 saturated heterocycles. The fraction of sp³-hybridized carbons (Fsp3) is 0.429. The lowest BCUT2D eigenvalue weighted by Gasteiger charge is -2.08. The van der Waals surface area contributed by atoms with E-state index in [0.717, 1.165) is 25.5 Å². The fourth-order valence-electron chi connectivity index (χ4n) is 1.66. The first-order valence-corrected chi connectivity index (χ1v) is 5.81. The predicted molar refractivity (Wildman–Crippen MR) is 64.5 cm³/mol. The molecule has 0 aliphatic carbocycles. The van der Waals surface area contributed by atoms with Crippen LogP contribution in [0.4, 0.5) is 0 Å². The summed E-state index contributed by atoms with van der Waals surface area (Å²) in [4.78, 5) is 22.6. The molecule has 1 atom stereocenters. The van der Waals surface area contributed by atoms with Gasteiger partial charge >= 0.3 is 0 Å². The number of hydrogen-bond acceptors (Lipinski definition) is 2. The van der Waals surface area contributed by atoms with E-state index in [0.29, 0.717) is 12.0 Å². The molecule has 0 spiro atoms. The van der Waals surface area contributed by atoms with E-state index in [4.69, 9.17) is 0 Å². The Morgan fingerprint density at radius 1 is 1.31 bits per heavy atom. The van der Waals surface area contributed by atoms with Crippen molar-refractivity contribution < 1.29 is 9.59 Å². The zero-order valence-corrected chi connectivity index (χ0v) is 9.69. The van der Waals surface area contributed by atoms with Gasteiger partial charge in [-0.3, -0.25) is 4.79 Å². The molecule has 0 aliphatic rings. The third kappa shape index (κ3) is 3.97. The van der Waals surface area contributed by atoms with E-state index in [1.54, 1.807) is 12.1 Å². The van der Waals surface area contributed by atoms with Crippen LogP contribution in [0.15, 0.2) is 30.3 Å². The molecule has 0 saturated carbocycles. The quantitative estimate of drug-likeness (QED) is 0.520. The van der Waals surface area contributed by atoms with Crippen molar-refractivity contribution in [1.29, 1.82) is 0 Å². The second kappa shape index (κ2) is 6.94. The summed E-state index contributed by atoms with van der Waals surface area (Å²) in [5.74, 6) is -0.0542. The van der Waals surface area contributed by atoms with Crippen molar-refractivity contribution in [3.63, 3.8) is 0 Å². The van der Waals surface area contributed by atoms with Crippen LogP contribution in [0.5, 0.6) is 0 Å². The summed E-state index contributed by atoms with van der Waals surface area (Å²) in [5.41, 5.74) is 0.700. The summed E-state index contributed by atoms with van der Waals surface area (Å²) in [5, 5.41) is 0. The Morgan fingerprint density at radius 3 is 2.56 bits per heavy atom. The van der Waals surface area contributed by atoms with Gasteiger partial charge in [-0.2, -0.15) is 0 Å². The summed E-state index contributed by atoms with van der Waals surface area (Å²) >= 11 is 0. The lowest BCUT2D eigenvalue weighted by atomic mass is 9.95. The smallest absolute Gasteiger partial charge is 0.163 e. The summed E-state index contributed by atoms with van der Waals surface area (Å²) < 4.78 is 0. The highest BCUT2D eigenvalue weighted by Crippen LogP contribution is 2.14. The Kier molecular flexibility index (Phi) is 5.48. The molecule has 16 heavy (non-hydrogen) atoms. The van der Waals surface area contributed by atoms with Crippen LogP contribution >= 0.6 is 0 Å². The molecule has 0 amide bonds. The van der Waals surface area contributed by atoms with Crippen molar-refractivity contribution in [2.24, 2.45) is 5.92 Å². The van der Waals surface area contributed by atoms with Gasteiger partial charge in [-0.25, -0.2) is 0 Å². The van der Waals surface area contributed by atoms with Gasteiger partial charge in [0, 0.05) is 17.9 Å². The standard InChI is InChI=1S/C14H18O2/c1-2-3-7-12(11-15)10-14(16)13-8-5-4-6-9-13/h4-6,8-9,11-12H,2-3,7,10H2,1H3/t12-/m1/s1. The Bertz CT molecular complexity index is 330. The number of rotatable bonds is 7. The number of hydrogen-bond donors (Lipinski definition) is 0. The number of Topliss-reactive ketones (excluding diaryl/α,β-unsaturated/α-hetero) is 1. The molecule has 2 heteroatoms. The lowest BCUT2D eigenvalue weighted by molar-refractivity contribution is -0.111. The maximum Gasteiger partial charge on any atom is 0.163 e. The van der Waals surface area contributed by atoms with Gasteiger partial charge in [0.05, 0.1) is 0 Å². The second-order valence-corrected chi connectivity index (χ2v) is 4.03. The SMILES string of the molecule is CCCC[C@@H](C=O)CC(=O)c1ccccc1. The summed E-state index contributed by atoms with van der Waals surface area (Å²) in [6, 6.07) is 9.16. The van der Waals surface area contributed by atoms with Gasteiger partial charge in [-0.05, 0) is 6.42 Å². The van der Waals surface area contributed by atoms with E-state index in [9.17, 15) is 9.59 Å². The molecule has 0 heterocycles. The van der Waals surface area contributed by atoms with E-state index >= 15 is 0 Å². The van der Waals surface area contributed by atoms with E-state index < -0.39 is 0 Å². The molecule has 0 bridgehead atoms. The first-order chi connectivity index (χ1) is 7.77. The maximum absolute atomic E-state index is 11.8. The van der Waals surface area contributed by atoms with Crippen molar-refractivity contribution in [2.45, 2.75) is 32.6 Å². The fourth-order valence-corrected chi connectivity index (χ4v) is 1.66. The zero-order valence-electron chi connectivity index (χ0n) is 9.69. The normalized spacial score (nSPS) is 12.1. The predicted octanol–water partition coefficient (Wildman–Crippen LogP) is 3.26. The van der Waals surface area contributed by atoms with E-state index in [-0.39, 0.29) is 11.7 Å². The van der Waals surface area contributed by atoms with Crippen LogP contribution in [-0.2, 0) is 4.79 Å². The lowest BCUT2D eigenvalue weighted by Crippen LogP contribution is -2.10. The largest absolute Gasteiger partial charge is 0.303 e. The molecule has 1 rings (SSSR count). The Balaban J connectivity index is 2.52. The van der Waals surface area contributed by atoms with E-state index in [1.165, 1.54) is 0 Å². The first-order valence-electron chi connectivity index (χ1n) is 5.81. The van der Waals surface area contributed by atoms with Gasteiger partial charge in [-0.15, -0.1) is 0 Å². The Labute approximate surface area is 96.7 Å². The Morgan fingerprint density at radius 2 is 2.00 bits per heavy atom. The van der Waals surface area contributed by atoms with Crippen molar-refractivity contribution >= 4 is 12.1 Å². The molecule has 0 unspecified atom stereocenters. The minimum absolute atomic E-state index is 0.0637. The van der Waals surface area contributed by atoms with Gasteiger partial charge in [-0.1, -0.05) is 50.1 Å². The highest BCUT2D eigenvalue weighted by molar-refractivity contribution is 5.97. The molecule has 0 N–H and O–H groups in total. The molecule has 0 aromatic heterocycles. The Hall–Kier alpha value is -1.44. The van der Waals surface area contributed by atoms with Gasteiger partial charge in [0.15, 0.2) is 5.78 Å². The zero-order chi connectivity index (χ0) is 11.8. The van der Waals surface area contributed by atoms with Crippen LogP contribution in [0.3, 0.4) is 0 Å². The molecule has 1 aromatic rings. The average molecular weight is 218 g/mol. The second-order valence-electron chi connectivity index (χ2n) is 4.03. The van der Waals surface area contributed by atoms with Crippen molar-refractivity contribution in [3.05, 3.63) is 35.9 Å². The third-order valence-electron chi connectivity index (χ3n) is 2.66. The first kappa shape index (κ1) is 12.6. The van der Waals surface area contributed by atoms with Crippen LogP contribution in [-0.4, -0.2) is 12.1 Å². The van der Waals surface area contributed by atoms with Gasteiger partial charge in [0.25, 0.3) is 0 Å². The average Bonchev–Trinajstić information content (AvgIpc) is 2.35. The van der Waals surface area contributed by atoms with Gasteiger partial charge in [0.1, 0.15) is 6.29 Å². The maximum atomic E-state index is 11.8. The van der Waals surface area contributed by atoms with Gasteiger partial charge < -0.3 is 4.79 Å². The number of benzene rings is 1. The summed E-state index contributed by atoms with van der Waals surface area (Å²) in [6.07, 6.45) is 4.14. The summed E-state index contributed by atoms with van der Waals surface area (Å²) in [7, 11) is 0. The molecule has 86 valence electrons. The van der Waals surface area contributed by atoms with Crippen LogP contribution in [0.2, 0.25) is 0 Å². The summed E-state index contributed by atoms with van der Waals surface area (Å²) in [6.45, 7) is 2.08. The molecule has 2 nitrogen and oxygen atoms in total. The molecular weight excluding hydrogens is 200 g/mol. The minimum atomic E-state index is -0.118. The molecule has 0 fully saturated rings. The van der Waals surface area contributed by atoms with Gasteiger partial charge in [0.2, 0.25) is 0 Å². The van der Waals surface area contributed by atoms with Crippen LogP contribution in [0, 0.1) is 5.92 Å². The number of carbonyl (C=O) groups excluding carboxylic acids is 2. The number of aldehydes is 1. The van der Waals surface area contributed by atoms with Crippen LogP contribution < -0.4 is 0 Å².